The van der Waals surface area contributed by atoms with Gasteiger partial charge in [-0.25, -0.2) is 13.1 Å². The Balaban J connectivity index is 2.28. The maximum absolute atomic E-state index is 12.5. The molecule has 4 nitrogen and oxygen atoms in total. The number of aryl methyl sites for hydroxylation is 2. The fourth-order valence-corrected chi connectivity index (χ4v) is 3.71. The molecular formula is C16H20N2O2S. The van der Waals surface area contributed by atoms with E-state index in [-0.39, 0.29) is 6.04 Å². The zero-order valence-corrected chi connectivity index (χ0v) is 13.2. The number of anilines is 1. The van der Waals surface area contributed by atoms with E-state index in [0.29, 0.717) is 10.6 Å². The number of hydrogen-bond acceptors (Lipinski definition) is 3. The number of rotatable bonds is 4. The van der Waals surface area contributed by atoms with Crippen LogP contribution in [0.4, 0.5) is 5.69 Å². The molecule has 0 bridgehead atoms. The predicted octanol–water partition coefficient (Wildman–Crippen LogP) is 2.93. The second-order valence-electron chi connectivity index (χ2n) is 5.28. The summed E-state index contributed by atoms with van der Waals surface area (Å²) in [6.45, 7) is 5.48. The standard InChI is InChI=1S/C16H20N2O2S/c1-11-4-5-12(2)16(10-11)21(19,20)18-13(3)14-6-8-15(17)9-7-14/h4-10,13,18H,17H2,1-3H3. The molecular weight excluding hydrogens is 284 g/mol. The van der Waals surface area contributed by atoms with Crippen LogP contribution in [-0.4, -0.2) is 8.42 Å². The van der Waals surface area contributed by atoms with Crippen LogP contribution >= 0.6 is 0 Å². The molecule has 0 aliphatic rings. The molecule has 2 aromatic rings. The molecule has 112 valence electrons. The fraction of sp³-hybridized carbons (Fsp3) is 0.250. The first-order valence-corrected chi connectivity index (χ1v) is 8.23. The van der Waals surface area contributed by atoms with E-state index >= 15 is 0 Å². The lowest BCUT2D eigenvalue weighted by Gasteiger charge is -2.16. The number of nitrogen functional groups attached to an aromatic ring is 1. The Kier molecular flexibility index (Phi) is 4.34. The summed E-state index contributed by atoms with van der Waals surface area (Å²) in [4.78, 5) is 0.324. The van der Waals surface area contributed by atoms with Gasteiger partial charge in [0.15, 0.2) is 0 Å². The lowest BCUT2D eigenvalue weighted by atomic mass is 10.1. The van der Waals surface area contributed by atoms with E-state index in [2.05, 4.69) is 4.72 Å². The van der Waals surface area contributed by atoms with Crippen molar-refractivity contribution in [2.45, 2.75) is 31.7 Å². The summed E-state index contributed by atoms with van der Waals surface area (Å²) in [7, 11) is -3.55. The summed E-state index contributed by atoms with van der Waals surface area (Å²) < 4.78 is 27.7. The van der Waals surface area contributed by atoms with Gasteiger partial charge in [-0.3, -0.25) is 0 Å². The van der Waals surface area contributed by atoms with Crippen LogP contribution in [0.15, 0.2) is 47.4 Å². The highest BCUT2D eigenvalue weighted by molar-refractivity contribution is 7.89. The lowest BCUT2D eigenvalue weighted by molar-refractivity contribution is 0.566. The zero-order chi connectivity index (χ0) is 15.6. The first-order chi connectivity index (χ1) is 9.79. The zero-order valence-electron chi connectivity index (χ0n) is 12.4. The molecule has 2 aromatic carbocycles. The molecule has 2 rings (SSSR count). The van der Waals surface area contributed by atoms with Crippen molar-refractivity contribution in [3.8, 4) is 0 Å². The Morgan fingerprint density at radius 1 is 1.05 bits per heavy atom. The van der Waals surface area contributed by atoms with E-state index in [1.165, 1.54) is 0 Å². The third kappa shape index (κ3) is 3.62. The number of nitrogens with one attached hydrogen (secondary N) is 1. The minimum Gasteiger partial charge on any atom is -0.399 e. The van der Waals surface area contributed by atoms with Crippen LogP contribution in [0.2, 0.25) is 0 Å². The molecule has 0 heterocycles. The van der Waals surface area contributed by atoms with Crippen LogP contribution in [-0.2, 0) is 10.0 Å². The van der Waals surface area contributed by atoms with Crippen molar-refractivity contribution in [2.24, 2.45) is 0 Å². The summed E-state index contributed by atoms with van der Waals surface area (Å²) in [6, 6.07) is 12.3. The average Bonchev–Trinajstić information content (AvgIpc) is 2.41. The highest BCUT2D eigenvalue weighted by atomic mass is 32.2. The lowest BCUT2D eigenvalue weighted by Crippen LogP contribution is -2.27. The van der Waals surface area contributed by atoms with Crippen molar-refractivity contribution in [3.63, 3.8) is 0 Å². The van der Waals surface area contributed by atoms with E-state index in [1.54, 1.807) is 25.1 Å². The van der Waals surface area contributed by atoms with Gasteiger partial charge in [0.2, 0.25) is 10.0 Å². The van der Waals surface area contributed by atoms with Crippen LogP contribution in [0.5, 0.6) is 0 Å². The summed E-state index contributed by atoms with van der Waals surface area (Å²) in [6.07, 6.45) is 0. The van der Waals surface area contributed by atoms with Crippen molar-refractivity contribution >= 4 is 15.7 Å². The Hall–Kier alpha value is -1.85. The van der Waals surface area contributed by atoms with Crippen LogP contribution < -0.4 is 10.5 Å². The smallest absolute Gasteiger partial charge is 0.241 e. The quantitative estimate of drug-likeness (QED) is 0.853. The number of benzene rings is 2. The van der Waals surface area contributed by atoms with Crippen LogP contribution in [0.3, 0.4) is 0 Å². The Bertz CT molecular complexity index is 737. The minimum absolute atomic E-state index is 0.324. The van der Waals surface area contributed by atoms with Gasteiger partial charge in [-0.05, 0) is 55.7 Å². The van der Waals surface area contributed by atoms with Gasteiger partial charge in [-0.1, -0.05) is 24.3 Å². The van der Waals surface area contributed by atoms with Gasteiger partial charge in [0, 0.05) is 11.7 Å². The maximum atomic E-state index is 12.5. The van der Waals surface area contributed by atoms with Crippen LogP contribution in [0.25, 0.3) is 0 Å². The van der Waals surface area contributed by atoms with Gasteiger partial charge in [0.1, 0.15) is 0 Å². The van der Waals surface area contributed by atoms with Gasteiger partial charge in [-0.15, -0.1) is 0 Å². The summed E-state index contributed by atoms with van der Waals surface area (Å²) >= 11 is 0. The summed E-state index contributed by atoms with van der Waals surface area (Å²) in [5, 5.41) is 0. The summed E-state index contributed by atoms with van der Waals surface area (Å²) in [5.74, 6) is 0. The van der Waals surface area contributed by atoms with Crippen molar-refractivity contribution < 1.29 is 8.42 Å². The third-order valence-corrected chi connectivity index (χ3v) is 5.08. The number of sulfonamides is 1. The maximum Gasteiger partial charge on any atom is 0.241 e. The van der Waals surface area contributed by atoms with E-state index in [0.717, 1.165) is 16.7 Å². The Morgan fingerprint density at radius 3 is 2.29 bits per heavy atom. The van der Waals surface area contributed by atoms with Gasteiger partial charge >= 0.3 is 0 Å². The highest BCUT2D eigenvalue weighted by Crippen LogP contribution is 2.21. The molecule has 0 fully saturated rings. The van der Waals surface area contributed by atoms with Crippen molar-refractivity contribution in [1.29, 1.82) is 0 Å². The topological polar surface area (TPSA) is 72.2 Å². The van der Waals surface area contributed by atoms with E-state index < -0.39 is 10.0 Å². The molecule has 0 radical (unpaired) electrons. The molecule has 3 N–H and O–H groups in total. The number of hydrogen-bond donors (Lipinski definition) is 2. The number of nitrogens with two attached hydrogens (primary N) is 1. The normalized spacial score (nSPS) is 13.1. The summed E-state index contributed by atoms with van der Waals surface area (Å²) in [5.41, 5.74) is 8.82. The molecule has 21 heavy (non-hydrogen) atoms. The second kappa shape index (κ2) is 5.87. The van der Waals surface area contributed by atoms with Gasteiger partial charge in [0.25, 0.3) is 0 Å². The molecule has 0 amide bonds. The fourth-order valence-electron chi connectivity index (χ4n) is 2.15. The first kappa shape index (κ1) is 15.5. The van der Waals surface area contributed by atoms with Crippen molar-refractivity contribution in [2.75, 3.05) is 5.73 Å². The molecule has 0 saturated heterocycles. The van der Waals surface area contributed by atoms with E-state index in [4.69, 9.17) is 5.73 Å². The predicted molar refractivity (Wildman–Crippen MR) is 85.5 cm³/mol. The first-order valence-electron chi connectivity index (χ1n) is 6.74. The van der Waals surface area contributed by atoms with Gasteiger partial charge in [-0.2, -0.15) is 0 Å². The molecule has 0 saturated carbocycles. The van der Waals surface area contributed by atoms with Crippen LogP contribution in [0.1, 0.15) is 29.7 Å². The Morgan fingerprint density at radius 2 is 1.67 bits per heavy atom. The van der Waals surface area contributed by atoms with E-state index in [1.807, 2.05) is 38.1 Å². The largest absolute Gasteiger partial charge is 0.399 e. The van der Waals surface area contributed by atoms with Crippen LogP contribution in [0, 0.1) is 13.8 Å². The van der Waals surface area contributed by atoms with Gasteiger partial charge in [0.05, 0.1) is 4.90 Å². The molecule has 5 heteroatoms. The monoisotopic (exact) mass is 304 g/mol. The molecule has 1 unspecified atom stereocenters. The molecule has 1 atom stereocenters. The average molecular weight is 304 g/mol. The molecule has 0 aliphatic carbocycles. The van der Waals surface area contributed by atoms with E-state index in [9.17, 15) is 8.42 Å². The van der Waals surface area contributed by atoms with Crippen molar-refractivity contribution in [1.82, 2.24) is 4.72 Å². The third-order valence-electron chi connectivity index (χ3n) is 3.40. The SMILES string of the molecule is Cc1ccc(C)c(S(=O)(=O)NC(C)c2ccc(N)cc2)c1. The van der Waals surface area contributed by atoms with Gasteiger partial charge < -0.3 is 5.73 Å². The Labute approximate surface area is 126 Å². The van der Waals surface area contributed by atoms with Crippen molar-refractivity contribution in [3.05, 3.63) is 59.2 Å². The molecule has 0 aliphatic heterocycles. The molecule has 0 spiro atoms. The highest BCUT2D eigenvalue weighted by Gasteiger charge is 2.20. The minimum atomic E-state index is -3.55. The molecule has 0 aromatic heterocycles. The second-order valence-corrected chi connectivity index (χ2v) is 6.96.